The molecule has 1 aliphatic rings. The van der Waals surface area contributed by atoms with Crippen molar-refractivity contribution in [1.29, 1.82) is 5.26 Å². The van der Waals surface area contributed by atoms with Gasteiger partial charge in [-0.05, 0) is 31.0 Å². The van der Waals surface area contributed by atoms with Crippen molar-refractivity contribution in [3.63, 3.8) is 0 Å². The van der Waals surface area contributed by atoms with Gasteiger partial charge in [0, 0.05) is 13.0 Å². The summed E-state index contributed by atoms with van der Waals surface area (Å²) in [7, 11) is 0. The van der Waals surface area contributed by atoms with Crippen molar-refractivity contribution in [2.75, 3.05) is 13.2 Å². The molecular formula is C14H15NO3. The van der Waals surface area contributed by atoms with Gasteiger partial charge in [0.1, 0.15) is 0 Å². The molecule has 0 aliphatic carbocycles. The number of ether oxygens (including phenoxy) is 2. The quantitative estimate of drug-likeness (QED) is 0.763. The van der Waals surface area contributed by atoms with Gasteiger partial charge in [0.15, 0.2) is 0 Å². The predicted molar refractivity (Wildman–Crippen MR) is 65.0 cm³/mol. The average molecular weight is 245 g/mol. The molecule has 4 heteroatoms. The third kappa shape index (κ3) is 3.31. The Morgan fingerprint density at radius 1 is 1.56 bits per heavy atom. The van der Waals surface area contributed by atoms with Crippen LogP contribution in [0.25, 0.3) is 0 Å². The molecule has 0 radical (unpaired) electrons. The maximum atomic E-state index is 11.7. The standard InChI is InChI=1S/C14H15NO3/c15-10-11-3-1-4-12(9-11)14(16)18-8-6-13-5-2-7-17-13/h1,3-4,9,13H,2,5-8H2/t13-/m1/s1. The molecule has 0 spiro atoms. The van der Waals surface area contributed by atoms with Crippen molar-refractivity contribution < 1.29 is 14.3 Å². The van der Waals surface area contributed by atoms with E-state index in [-0.39, 0.29) is 12.1 Å². The van der Waals surface area contributed by atoms with Crippen LogP contribution >= 0.6 is 0 Å². The SMILES string of the molecule is N#Cc1cccc(C(=O)OCC[C@H]2CCCO2)c1. The van der Waals surface area contributed by atoms with Gasteiger partial charge >= 0.3 is 5.97 Å². The number of carbonyl (C=O) groups is 1. The van der Waals surface area contributed by atoms with Crippen LogP contribution < -0.4 is 0 Å². The minimum absolute atomic E-state index is 0.225. The van der Waals surface area contributed by atoms with Gasteiger partial charge in [-0.1, -0.05) is 6.07 Å². The molecule has 0 N–H and O–H groups in total. The number of esters is 1. The fourth-order valence-corrected chi connectivity index (χ4v) is 1.95. The van der Waals surface area contributed by atoms with E-state index in [0.717, 1.165) is 25.9 Å². The van der Waals surface area contributed by atoms with E-state index < -0.39 is 0 Å². The number of rotatable bonds is 4. The van der Waals surface area contributed by atoms with Gasteiger partial charge in [-0.3, -0.25) is 0 Å². The number of nitrogens with zero attached hydrogens (tertiary/aromatic N) is 1. The van der Waals surface area contributed by atoms with Crippen LogP contribution in [0.5, 0.6) is 0 Å². The van der Waals surface area contributed by atoms with Gasteiger partial charge in [-0.15, -0.1) is 0 Å². The largest absolute Gasteiger partial charge is 0.462 e. The van der Waals surface area contributed by atoms with Crippen LogP contribution in [0.1, 0.15) is 35.2 Å². The lowest BCUT2D eigenvalue weighted by molar-refractivity contribution is 0.0386. The zero-order valence-electron chi connectivity index (χ0n) is 10.1. The molecule has 1 fully saturated rings. The molecule has 1 atom stereocenters. The zero-order valence-corrected chi connectivity index (χ0v) is 10.1. The molecule has 94 valence electrons. The molecule has 0 aromatic heterocycles. The molecule has 1 heterocycles. The summed E-state index contributed by atoms with van der Waals surface area (Å²) in [6, 6.07) is 8.51. The van der Waals surface area contributed by atoms with Gasteiger partial charge in [-0.25, -0.2) is 4.79 Å². The fraction of sp³-hybridized carbons (Fsp3) is 0.429. The van der Waals surface area contributed by atoms with Crippen molar-refractivity contribution >= 4 is 5.97 Å². The molecule has 1 aromatic carbocycles. The number of hydrogen-bond acceptors (Lipinski definition) is 4. The van der Waals surface area contributed by atoms with Crippen LogP contribution in [0.4, 0.5) is 0 Å². The smallest absolute Gasteiger partial charge is 0.338 e. The van der Waals surface area contributed by atoms with E-state index in [4.69, 9.17) is 14.7 Å². The van der Waals surface area contributed by atoms with E-state index in [1.54, 1.807) is 18.2 Å². The van der Waals surface area contributed by atoms with Gasteiger partial charge in [0.05, 0.1) is 29.9 Å². The normalized spacial score (nSPS) is 18.3. The molecule has 0 unspecified atom stereocenters. The molecule has 1 aromatic rings. The Hall–Kier alpha value is -1.86. The minimum atomic E-state index is -0.384. The molecule has 0 bridgehead atoms. The van der Waals surface area contributed by atoms with Crippen molar-refractivity contribution in [3.05, 3.63) is 35.4 Å². The Balaban J connectivity index is 1.81. The van der Waals surface area contributed by atoms with E-state index in [2.05, 4.69) is 0 Å². The lowest BCUT2D eigenvalue weighted by Gasteiger charge is -2.09. The lowest BCUT2D eigenvalue weighted by Crippen LogP contribution is -2.13. The van der Waals surface area contributed by atoms with Crippen LogP contribution in [0, 0.1) is 11.3 Å². The van der Waals surface area contributed by atoms with E-state index >= 15 is 0 Å². The molecule has 4 nitrogen and oxygen atoms in total. The van der Waals surface area contributed by atoms with Crippen molar-refractivity contribution in [2.45, 2.75) is 25.4 Å². The first-order valence-electron chi connectivity index (χ1n) is 6.08. The van der Waals surface area contributed by atoms with Crippen molar-refractivity contribution in [1.82, 2.24) is 0 Å². The first-order chi connectivity index (χ1) is 8.79. The van der Waals surface area contributed by atoms with Crippen LogP contribution in [-0.2, 0) is 9.47 Å². The maximum Gasteiger partial charge on any atom is 0.338 e. The highest BCUT2D eigenvalue weighted by Crippen LogP contribution is 2.15. The van der Waals surface area contributed by atoms with Gasteiger partial charge < -0.3 is 9.47 Å². The predicted octanol–water partition coefficient (Wildman–Crippen LogP) is 2.28. The average Bonchev–Trinajstić information content (AvgIpc) is 2.92. The molecule has 0 saturated carbocycles. The summed E-state index contributed by atoms with van der Waals surface area (Å²) >= 11 is 0. The molecule has 2 rings (SSSR count). The maximum absolute atomic E-state index is 11.7. The van der Waals surface area contributed by atoms with Crippen molar-refractivity contribution in [2.24, 2.45) is 0 Å². The van der Waals surface area contributed by atoms with Crippen LogP contribution in [0.2, 0.25) is 0 Å². The van der Waals surface area contributed by atoms with Crippen LogP contribution in [0.15, 0.2) is 24.3 Å². The third-order valence-electron chi connectivity index (χ3n) is 2.92. The second-order valence-corrected chi connectivity index (χ2v) is 4.25. The lowest BCUT2D eigenvalue weighted by atomic mass is 10.1. The number of benzene rings is 1. The zero-order chi connectivity index (χ0) is 12.8. The molecular weight excluding hydrogens is 230 g/mol. The Morgan fingerprint density at radius 2 is 2.44 bits per heavy atom. The first-order valence-corrected chi connectivity index (χ1v) is 6.08. The van der Waals surface area contributed by atoms with E-state index in [1.807, 2.05) is 6.07 Å². The molecule has 0 amide bonds. The minimum Gasteiger partial charge on any atom is -0.462 e. The van der Waals surface area contributed by atoms with Gasteiger partial charge in [-0.2, -0.15) is 5.26 Å². The highest BCUT2D eigenvalue weighted by atomic mass is 16.5. The topological polar surface area (TPSA) is 59.3 Å². The Morgan fingerprint density at radius 3 is 3.17 bits per heavy atom. The monoisotopic (exact) mass is 245 g/mol. The van der Waals surface area contributed by atoms with Crippen molar-refractivity contribution in [3.8, 4) is 6.07 Å². The van der Waals surface area contributed by atoms with Gasteiger partial charge in [0.25, 0.3) is 0 Å². The van der Waals surface area contributed by atoms with E-state index in [9.17, 15) is 4.79 Å². The summed E-state index contributed by atoms with van der Waals surface area (Å²) < 4.78 is 10.6. The number of carbonyl (C=O) groups excluding carboxylic acids is 1. The summed E-state index contributed by atoms with van der Waals surface area (Å²) in [5, 5.41) is 8.74. The summed E-state index contributed by atoms with van der Waals surface area (Å²) in [6.45, 7) is 1.17. The molecule has 18 heavy (non-hydrogen) atoms. The van der Waals surface area contributed by atoms with E-state index in [0.29, 0.717) is 17.7 Å². The Labute approximate surface area is 106 Å². The van der Waals surface area contributed by atoms with Crippen LogP contribution in [0.3, 0.4) is 0 Å². The van der Waals surface area contributed by atoms with Gasteiger partial charge in [0.2, 0.25) is 0 Å². The summed E-state index contributed by atoms with van der Waals surface area (Å²) in [5.41, 5.74) is 0.880. The Bertz CT molecular complexity index is 458. The second-order valence-electron chi connectivity index (χ2n) is 4.25. The highest BCUT2D eigenvalue weighted by molar-refractivity contribution is 5.89. The van der Waals surface area contributed by atoms with Crippen LogP contribution in [-0.4, -0.2) is 25.3 Å². The number of hydrogen-bond donors (Lipinski definition) is 0. The molecule has 1 saturated heterocycles. The first kappa shape index (κ1) is 12.6. The third-order valence-corrected chi connectivity index (χ3v) is 2.92. The molecule has 1 aliphatic heterocycles. The second kappa shape index (κ2) is 6.18. The summed E-state index contributed by atoms with van der Waals surface area (Å²) in [4.78, 5) is 11.7. The summed E-state index contributed by atoms with van der Waals surface area (Å²) in [6.07, 6.45) is 3.09. The number of nitriles is 1. The Kier molecular flexibility index (Phi) is 4.32. The van der Waals surface area contributed by atoms with E-state index in [1.165, 1.54) is 6.07 Å². The highest BCUT2D eigenvalue weighted by Gasteiger charge is 2.16. The fourth-order valence-electron chi connectivity index (χ4n) is 1.95. The summed E-state index contributed by atoms with van der Waals surface area (Å²) in [5.74, 6) is -0.384.